The van der Waals surface area contributed by atoms with E-state index in [1.807, 2.05) is 36.9 Å². The number of hydrogen-bond donors (Lipinski definition) is 1. The number of nitrogens with two attached hydrogens (primary N) is 1. The summed E-state index contributed by atoms with van der Waals surface area (Å²) in [4.78, 5) is 4.51. The predicted molar refractivity (Wildman–Crippen MR) is 73.3 cm³/mol. The Labute approximate surface area is 110 Å². The Morgan fingerprint density at radius 2 is 2.33 bits per heavy atom. The molecule has 0 amide bonds. The molecule has 1 fully saturated rings. The van der Waals surface area contributed by atoms with E-state index in [1.165, 1.54) is 12.2 Å². The molecule has 0 saturated carbocycles. The maximum absolute atomic E-state index is 5.98. The summed E-state index contributed by atoms with van der Waals surface area (Å²) in [5.41, 5.74) is 8.59. The lowest BCUT2D eigenvalue weighted by molar-refractivity contribution is 0.421. The number of rotatable bonds is 2. The van der Waals surface area contributed by atoms with E-state index in [2.05, 4.69) is 10.1 Å². The molecule has 1 aliphatic rings. The summed E-state index contributed by atoms with van der Waals surface area (Å²) in [6, 6.07) is 5.79. The number of benzene rings is 1. The van der Waals surface area contributed by atoms with E-state index in [9.17, 15) is 0 Å². The molecule has 3 rings (SSSR count). The monoisotopic (exact) mass is 261 g/mol. The molecule has 1 atom stereocenters. The number of nitrogens with zero attached hydrogens (tertiary/aromatic N) is 2. The minimum absolute atomic E-state index is 0.382. The molecule has 18 heavy (non-hydrogen) atoms. The van der Waals surface area contributed by atoms with Crippen molar-refractivity contribution in [3.8, 4) is 11.5 Å². The third-order valence-electron chi connectivity index (χ3n) is 3.18. The summed E-state index contributed by atoms with van der Waals surface area (Å²) in [6.07, 6.45) is 2.36. The van der Waals surface area contributed by atoms with E-state index in [-0.39, 0.29) is 0 Å². The van der Waals surface area contributed by atoms with Gasteiger partial charge in [-0.15, -0.1) is 0 Å². The Kier molecular flexibility index (Phi) is 2.99. The molecule has 0 spiro atoms. The summed E-state index contributed by atoms with van der Waals surface area (Å²) in [6.45, 7) is 2.00. The molecule has 0 bridgehead atoms. The van der Waals surface area contributed by atoms with Crippen molar-refractivity contribution in [1.29, 1.82) is 0 Å². The van der Waals surface area contributed by atoms with Crippen LogP contribution in [-0.2, 0) is 0 Å². The Morgan fingerprint density at radius 1 is 1.44 bits per heavy atom. The molecule has 1 aromatic heterocycles. The summed E-state index contributed by atoms with van der Waals surface area (Å²) < 4.78 is 5.37. The maximum atomic E-state index is 5.98. The average Bonchev–Trinajstić information content (AvgIpc) is 2.99. The van der Waals surface area contributed by atoms with Crippen LogP contribution in [0.3, 0.4) is 0 Å². The molecule has 94 valence electrons. The highest BCUT2D eigenvalue weighted by Gasteiger charge is 2.24. The Hall–Kier alpha value is -1.49. The van der Waals surface area contributed by atoms with Crippen LogP contribution in [0, 0.1) is 6.92 Å². The molecule has 1 unspecified atom stereocenters. The number of aryl methyl sites for hydroxylation is 1. The van der Waals surface area contributed by atoms with Crippen LogP contribution in [0.4, 0.5) is 5.69 Å². The molecule has 1 aromatic carbocycles. The minimum atomic E-state index is 0.382. The van der Waals surface area contributed by atoms with Gasteiger partial charge in [0.05, 0.1) is 10.8 Å². The second-order valence-electron chi connectivity index (χ2n) is 4.50. The van der Waals surface area contributed by atoms with E-state index in [1.54, 1.807) is 0 Å². The van der Waals surface area contributed by atoms with Gasteiger partial charge in [0.1, 0.15) is 0 Å². The zero-order valence-electron chi connectivity index (χ0n) is 10.2. The van der Waals surface area contributed by atoms with Gasteiger partial charge in [0, 0.05) is 5.69 Å². The van der Waals surface area contributed by atoms with Crippen molar-refractivity contribution in [2.45, 2.75) is 25.0 Å². The van der Waals surface area contributed by atoms with Crippen LogP contribution in [0.1, 0.15) is 29.5 Å². The fourth-order valence-electron chi connectivity index (χ4n) is 2.23. The van der Waals surface area contributed by atoms with Gasteiger partial charge in [-0.3, -0.25) is 0 Å². The molecule has 0 aliphatic carbocycles. The Morgan fingerprint density at radius 3 is 3.06 bits per heavy atom. The lowest BCUT2D eigenvalue weighted by Crippen LogP contribution is -1.94. The maximum Gasteiger partial charge on any atom is 0.260 e. The largest absolute Gasteiger partial charge is 0.398 e. The summed E-state index contributed by atoms with van der Waals surface area (Å²) in [7, 11) is 0. The van der Waals surface area contributed by atoms with Crippen molar-refractivity contribution in [2.75, 3.05) is 11.5 Å². The topological polar surface area (TPSA) is 64.9 Å². The first-order chi connectivity index (χ1) is 8.75. The average molecular weight is 261 g/mol. The quantitative estimate of drug-likeness (QED) is 0.841. The molecule has 2 aromatic rings. The van der Waals surface area contributed by atoms with Gasteiger partial charge >= 0.3 is 0 Å². The second kappa shape index (κ2) is 4.65. The Balaban J connectivity index is 1.97. The van der Waals surface area contributed by atoms with Gasteiger partial charge in [-0.1, -0.05) is 17.3 Å². The first kappa shape index (κ1) is 11.6. The second-order valence-corrected chi connectivity index (χ2v) is 5.81. The van der Waals surface area contributed by atoms with Crippen molar-refractivity contribution in [3.05, 3.63) is 29.6 Å². The van der Waals surface area contributed by atoms with Crippen molar-refractivity contribution >= 4 is 17.4 Å². The smallest absolute Gasteiger partial charge is 0.260 e. The van der Waals surface area contributed by atoms with Gasteiger partial charge in [-0.05, 0) is 37.1 Å². The lowest BCUT2D eigenvalue weighted by Gasteiger charge is -2.03. The van der Waals surface area contributed by atoms with Crippen LogP contribution in [0.5, 0.6) is 0 Å². The van der Waals surface area contributed by atoms with E-state index >= 15 is 0 Å². The number of nitrogen functional groups attached to an aromatic ring is 1. The first-order valence-corrected chi connectivity index (χ1v) is 7.11. The van der Waals surface area contributed by atoms with Gasteiger partial charge in [0.25, 0.3) is 5.89 Å². The zero-order chi connectivity index (χ0) is 12.5. The number of anilines is 1. The van der Waals surface area contributed by atoms with E-state index in [0.29, 0.717) is 16.8 Å². The molecule has 1 aliphatic heterocycles. The molecule has 2 heterocycles. The van der Waals surface area contributed by atoms with E-state index in [4.69, 9.17) is 10.3 Å². The fourth-order valence-corrected chi connectivity index (χ4v) is 3.43. The lowest BCUT2D eigenvalue weighted by atomic mass is 10.1. The predicted octanol–water partition coefficient (Wildman–Crippen LogP) is 3.20. The van der Waals surface area contributed by atoms with Crippen LogP contribution in [0.25, 0.3) is 11.5 Å². The van der Waals surface area contributed by atoms with Crippen molar-refractivity contribution < 1.29 is 4.52 Å². The highest BCUT2D eigenvalue weighted by molar-refractivity contribution is 7.99. The van der Waals surface area contributed by atoms with Crippen LogP contribution in [-0.4, -0.2) is 15.9 Å². The molecule has 5 heteroatoms. The number of hydrogen-bond acceptors (Lipinski definition) is 5. The van der Waals surface area contributed by atoms with Gasteiger partial charge in [0.2, 0.25) is 0 Å². The summed E-state index contributed by atoms with van der Waals surface area (Å²) in [5, 5.41) is 4.48. The summed E-state index contributed by atoms with van der Waals surface area (Å²) in [5.74, 6) is 2.52. The molecule has 0 radical (unpaired) electrons. The molecule has 2 N–H and O–H groups in total. The standard InChI is InChI=1S/C13H15N3OS/c1-8-4-2-5-9(14)11(8)13-15-12(16-17-13)10-6-3-7-18-10/h2,4-5,10H,3,6-7,14H2,1H3. The summed E-state index contributed by atoms with van der Waals surface area (Å²) >= 11 is 1.90. The van der Waals surface area contributed by atoms with Gasteiger partial charge in [-0.2, -0.15) is 16.7 Å². The van der Waals surface area contributed by atoms with Crippen LogP contribution in [0.2, 0.25) is 0 Å². The molecular formula is C13H15N3OS. The fraction of sp³-hybridized carbons (Fsp3) is 0.385. The van der Waals surface area contributed by atoms with Crippen molar-refractivity contribution in [3.63, 3.8) is 0 Å². The van der Waals surface area contributed by atoms with Crippen LogP contribution < -0.4 is 5.73 Å². The third kappa shape index (κ3) is 1.99. The zero-order valence-corrected chi connectivity index (χ0v) is 11.0. The van der Waals surface area contributed by atoms with E-state index in [0.717, 1.165) is 23.4 Å². The molecular weight excluding hydrogens is 246 g/mol. The first-order valence-electron chi connectivity index (χ1n) is 6.06. The number of thioether (sulfide) groups is 1. The third-order valence-corrected chi connectivity index (χ3v) is 4.55. The van der Waals surface area contributed by atoms with Crippen LogP contribution >= 0.6 is 11.8 Å². The Bertz CT molecular complexity index is 541. The van der Waals surface area contributed by atoms with Gasteiger partial charge in [0.15, 0.2) is 5.82 Å². The molecule has 4 nitrogen and oxygen atoms in total. The van der Waals surface area contributed by atoms with Gasteiger partial charge < -0.3 is 10.3 Å². The normalized spacial score (nSPS) is 19.3. The van der Waals surface area contributed by atoms with Crippen LogP contribution in [0.15, 0.2) is 22.7 Å². The van der Waals surface area contributed by atoms with Crippen molar-refractivity contribution in [1.82, 2.24) is 10.1 Å². The van der Waals surface area contributed by atoms with Crippen molar-refractivity contribution in [2.24, 2.45) is 0 Å². The molecule has 1 saturated heterocycles. The minimum Gasteiger partial charge on any atom is -0.398 e. The highest BCUT2D eigenvalue weighted by atomic mass is 32.2. The highest BCUT2D eigenvalue weighted by Crippen LogP contribution is 2.39. The number of aromatic nitrogens is 2. The van der Waals surface area contributed by atoms with E-state index < -0.39 is 0 Å². The van der Waals surface area contributed by atoms with Gasteiger partial charge in [-0.25, -0.2) is 0 Å². The SMILES string of the molecule is Cc1cccc(N)c1-c1nc(C2CCCS2)no1.